The van der Waals surface area contributed by atoms with Gasteiger partial charge in [-0.15, -0.1) is 0 Å². The van der Waals surface area contributed by atoms with E-state index in [1.54, 1.807) is 20.8 Å². The lowest BCUT2D eigenvalue weighted by Crippen LogP contribution is -2.55. The summed E-state index contributed by atoms with van der Waals surface area (Å²) in [5, 5.41) is 15.4. The molecule has 0 saturated heterocycles. The number of ether oxygens (including phenoxy) is 1. The molecule has 2 atom stereocenters. The number of aryl methyl sites for hydroxylation is 2. The van der Waals surface area contributed by atoms with Crippen LogP contribution in [0, 0.1) is 13.8 Å². The highest BCUT2D eigenvalue weighted by Gasteiger charge is 2.36. The van der Waals surface area contributed by atoms with Crippen LogP contribution in [0.15, 0.2) is 18.2 Å². The SMILES string of the molecule is CCCCCN(C(=O)C(CO)NC(=O)OC(C)(C)C)C(C(=O)NC(C)C)c1cc(C)ccc1C. The van der Waals surface area contributed by atoms with Crippen molar-refractivity contribution in [3.05, 3.63) is 34.9 Å². The van der Waals surface area contributed by atoms with Crippen LogP contribution in [0.25, 0.3) is 0 Å². The summed E-state index contributed by atoms with van der Waals surface area (Å²) in [6.07, 6.45) is 1.69. The van der Waals surface area contributed by atoms with Gasteiger partial charge < -0.3 is 25.4 Å². The molecule has 0 aliphatic carbocycles. The molecule has 2 unspecified atom stereocenters. The number of benzene rings is 1. The zero-order chi connectivity index (χ0) is 26.1. The summed E-state index contributed by atoms with van der Waals surface area (Å²) in [6, 6.07) is 3.53. The van der Waals surface area contributed by atoms with Gasteiger partial charge in [-0.25, -0.2) is 4.79 Å². The summed E-state index contributed by atoms with van der Waals surface area (Å²) in [5.74, 6) is -0.836. The lowest BCUT2D eigenvalue weighted by atomic mass is 9.95. The van der Waals surface area contributed by atoms with Crippen molar-refractivity contribution in [1.82, 2.24) is 15.5 Å². The molecule has 8 heteroatoms. The molecule has 0 radical (unpaired) electrons. The molecule has 0 saturated carbocycles. The van der Waals surface area contributed by atoms with Gasteiger partial charge >= 0.3 is 6.09 Å². The molecule has 192 valence electrons. The molecule has 3 N–H and O–H groups in total. The van der Waals surface area contributed by atoms with Gasteiger partial charge in [0.15, 0.2) is 0 Å². The standard InChI is InChI=1S/C26H43N3O5/c1-9-10-11-14-29(24(32)21(16-30)28-25(33)34-26(6,7)8)22(23(31)27-17(2)3)20-15-18(4)12-13-19(20)5/h12-13,15,17,21-22,30H,9-11,14,16H2,1-8H3,(H,27,31)(H,28,33). The first-order valence-electron chi connectivity index (χ1n) is 12.1. The summed E-state index contributed by atoms with van der Waals surface area (Å²) in [7, 11) is 0. The van der Waals surface area contributed by atoms with Crippen molar-refractivity contribution in [2.75, 3.05) is 13.2 Å². The first-order valence-corrected chi connectivity index (χ1v) is 12.1. The molecule has 0 bridgehead atoms. The van der Waals surface area contributed by atoms with Crippen molar-refractivity contribution in [2.45, 2.75) is 98.4 Å². The number of aliphatic hydroxyl groups is 1. The Hall–Kier alpha value is -2.61. The van der Waals surface area contributed by atoms with E-state index in [0.29, 0.717) is 13.0 Å². The summed E-state index contributed by atoms with van der Waals surface area (Å²) >= 11 is 0. The minimum Gasteiger partial charge on any atom is -0.444 e. The molecule has 0 aromatic heterocycles. The van der Waals surface area contributed by atoms with Crippen LogP contribution in [-0.2, 0) is 14.3 Å². The molecule has 1 aromatic carbocycles. The fraction of sp³-hybridized carbons (Fsp3) is 0.654. The Morgan fingerprint density at radius 3 is 2.26 bits per heavy atom. The fourth-order valence-corrected chi connectivity index (χ4v) is 3.60. The second-order valence-electron chi connectivity index (χ2n) is 10.0. The van der Waals surface area contributed by atoms with Crippen LogP contribution in [0.1, 0.15) is 83.5 Å². The zero-order valence-electron chi connectivity index (χ0n) is 22.0. The summed E-state index contributed by atoms with van der Waals surface area (Å²) in [5.41, 5.74) is 1.81. The Kier molecular flexibility index (Phi) is 11.5. The zero-order valence-corrected chi connectivity index (χ0v) is 22.0. The summed E-state index contributed by atoms with van der Waals surface area (Å²) < 4.78 is 5.27. The van der Waals surface area contributed by atoms with Gasteiger partial charge in [-0.2, -0.15) is 0 Å². The molecular formula is C26H43N3O5. The first kappa shape index (κ1) is 29.4. The van der Waals surface area contributed by atoms with Crippen LogP contribution in [0.4, 0.5) is 4.79 Å². The highest BCUT2D eigenvalue weighted by atomic mass is 16.6. The third kappa shape index (κ3) is 9.33. The van der Waals surface area contributed by atoms with Gasteiger partial charge in [0.1, 0.15) is 17.7 Å². The maximum absolute atomic E-state index is 13.7. The Morgan fingerprint density at radius 2 is 1.74 bits per heavy atom. The lowest BCUT2D eigenvalue weighted by molar-refractivity contribution is -0.143. The molecule has 3 amide bonds. The molecule has 34 heavy (non-hydrogen) atoms. The van der Waals surface area contributed by atoms with Crippen LogP contribution < -0.4 is 10.6 Å². The minimum atomic E-state index is -1.24. The normalized spacial score (nSPS) is 13.2. The number of alkyl carbamates (subject to hydrolysis) is 1. The van der Waals surface area contributed by atoms with Gasteiger partial charge in [0.2, 0.25) is 11.8 Å². The van der Waals surface area contributed by atoms with E-state index in [-0.39, 0.29) is 11.9 Å². The van der Waals surface area contributed by atoms with E-state index in [2.05, 4.69) is 17.6 Å². The predicted octanol–water partition coefficient (Wildman–Crippen LogP) is 3.77. The van der Waals surface area contributed by atoms with Gasteiger partial charge in [-0.05, 0) is 66.0 Å². The van der Waals surface area contributed by atoms with Crippen molar-refractivity contribution in [2.24, 2.45) is 0 Å². The molecule has 0 fully saturated rings. The van der Waals surface area contributed by atoms with E-state index in [0.717, 1.165) is 29.5 Å². The first-order chi connectivity index (χ1) is 15.8. The summed E-state index contributed by atoms with van der Waals surface area (Å²) in [4.78, 5) is 40.9. The molecule has 8 nitrogen and oxygen atoms in total. The number of hydrogen-bond acceptors (Lipinski definition) is 5. The van der Waals surface area contributed by atoms with Gasteiger partial charge in [0.05, 0.1) is 6.61 Å². The molecule has 0 heterocycles. The van der Waals surface area contributed by atoms with Crippen molar-refractivity contribution in [3.8, 4) is 0 Å². The van der Waals surface area contributed by atoms with Crippen LogP contribution in [0.2, 0.25) is 0 Å². The Bertz CT molecular complexity index is 832. The predicted molar refractivity (Wildman–Crippen MR) is 133 cm³/mol. The third-order valence-electron chi connectivity index (χ3n) is 5.18. The van der Waals surface area contributed by atoms with Crippen LogP contribution in [-0.4, -0.2) is 58.8 Å². The van der Waals surface area contributed by atoms with Crippen molar-refractivity contribution >= 4 is 17.9 Å². The van der Waals surface area contributed by atoms with Crippen LogP contribution in [0.3, 0.4) is 0 Å². The minimum absolute atomic E-state index is 0.124. The lowest BCUT2D eigenvalue weighted by Gasteiger charge is -2.35. The number of unbranched alkanes of at least 4 members (excludes halogenated alkanes) is 2. The van der Waals surface area contributed by atoms with Crippen molar-refractivity contribution in [1.29, 1.82) is 0 Å². The van der Waals surface area contributed by atoms with Crippen molar-refractivity contribution in [3.63, 3.8) is 0 Å². The fourth-order valence-electron chi connectivity index (χ4n) is 3.60. The molecule has 1 aromatic rings. The third-order valence-corrected chi connectivity index (χ3v) is 5.18. The van der Waals surface area contributed by atoms with E-state index in [1.165, 1.54) is 4.90 Å². The smallest absolute Gasteiger partial charge is 0.408 e. The largest absolute Gasteiger partial charge is 0.444 e. The number of nitrogens with one attached hydrogen (secondary N) is 2. The molecule has 0 aliphatic heterocycles. The highest BCUT2D eigenvalue weighted by Crippen LogP contribution is 2.27. The topological polar surface area (TPSA) is 108 Å². The van der Waals surface area contributed by atoms with Gasteiger partial charge in [-0.1, -0.05) is 43.5 Å². The number of nitrogens with zero attached hydrogens (tertiary/aromatic N) is 1. The molecule has 0 spiro atoms. The monoisotopic (exact) mass is 477 g/mol. The molecule has 0 aliphatic rings. The second-order valence-corrected chi connectivity index (χ2v) is 10.0. The Morgan fingerprint density at radius 1 is 1.09 bits per heavy atom. The van der Waals surface area contributed by atoms with E-state index < -0.39 is 36.3 Å². The van der Waals surface area contributed by atoms with E-state index in [1.807, 2.05) is 45.9 Å². The number of amides is 3. The van der Waals surface area contributed by atoms with Gasteiger partial charge in [0.25, 0.3) is 0 Å². The number of aliphatic hydroxyl groups excluding tert-OH is 1. The highest BCUT2D eigenvalue weighted by molar-refractivity contribution is 5.92. The second kappa shape index (κ2) is 13.3. The Balaban J connectivity index is 3.45. The van der Waals surface area contributed by atoms with Crippen LogP contribution >= 0.6 is 0 Å². The molecule has 1 rings (SSSR count). The van der Waals surface area contributed by atoms with Crippen molar-refractivity contribution < 1.29 is 24.2 Å². The van der Waals surface area contributed by atoms with E-state index in [9.17, 15) is 19.5 Å². The summed E-state index contributed by atoms with van der Waals surface area (Å²) in [6.45, 7) is 14.5. The Labute approximate surface area is 204 Å². The average Bonchev–Trinajstić information content (AvgIpc) is 2.71. The number of rotatable bonds is 11. The maximum atomic E-state index is 13.7. The van der Waals surface area contributed by atoms with E-state index >= 15 is 0 Å². The maximum Gasteiger partial charge on any atom is 0.408 e. The number of hydrogen-bond donors (Lipinski definition) is 3. The average molecular weight is 478 g/mol. The van der Waals surface area contributed by atoms with E-state index in [4.69, 9.17) is 4.74 Å². The number of carbonyl (C=O) groups is 3. The van der Waals surface area contributed by atoms with Crippen LogP contribution in [0.5, 0.6) is 0 Å². The van der Waals surface area contributed by atoms with Gasteiger partial charge in [-0.3, -0.25) is 9.59 Å². The quantitative estimate of drug-likeness (QED) is 0.421. The molecular weight excluding hydrogens is 434 g/mol. The number of carbonyl (C=O) groups excluding carboxylic acids is 3. The van der Waals surface area contributed by atoms with Gasteiger partial charge in [0, 0.05) is 12.6 Å².